The predicted octanol–water partition coefficient (Wildman–Crippen LogP) is 1.64. The number of hydrogen-bond acceptors (Lipinski definition) is 3. The molecular weight excluding hydrogens is 296 g/mol. The van der Waals surface area contributed by atoms with Crippen LogP contribution < -0.4 is 5.73 Å². The first kappa shape index (κ1) is 15.5. The third kappa shape index (κ3) is 2.81. The number of carboxylic acids is 1. The van der Waals surface area contributed by atoms with Crippen molar-refractivity contribution in [2.75, 3.05) is 0 Å². The minimum Gasteiger partial charge on any atom is -0.480 e. The highest BCUT2D eigenvalue weighted by molar-refractivity contribution is 5.99. The average Bonchev–Trinajstić information content (AvgIpc) is 2.94. The average molecular weight is 316 g/mol. The molecule has 1 heterocycles. The Bertz CT molecular complexity index is 640. The van der Waals surface area contributed by atoms with E-state index in [1.807, 2.05) is 0 Å². The van der Waals surface area contributed by atoms with Crippen molar-refractivity contribution in [3.8, 4) is 0 Å². The minimum atomic E-state index is -0.943. The summed E-state index contributed by atoms with van der Waals surface area (Å²) in [4.78, 5) is 37.1. The molecule has 1 saturated heterocycles. The minimum absolute atomic E-state index is 0.00756. The molecule has 1 aromatic rings. The van der Waals surface area contributed by atoms with Crippen LogP contribution in [0.15, 0.2) is 24.3 Å². The molecule has 0 aromatic heterocycles. The molecular formula is C17H20N2O4. The normalized spacial score (nSPS) is 26.6. The van der Waals surface area contributed by atoms with Crippen LogP contribution in [0.1, 0.15) is 52.8 Å². The van der Waals surface area contributed by atoms with Gasteiger partial charge in [-0.05, 0) is 49.4 Å². The molecule has 122 valence electrons. The molecule has 0 spiro atoms. The lowest BCUT2D eigenvalue weighted by Crippen LogP contribution is -2.46. The lowest BCUT2D eigenvalue weighted by atomic mass is 9.84. The number of rotatable bonds is 3. The van der Waals surface area contributed by atoms with Crippen LogP contribution in [-0.4, -0.2) is 39.9 Å². The van der Waals surface area contributed by atoms with Gasteiger partial charge in [-0.1, -0.05) is 12.8 Å². The number of nitrogens with zero attached hydrogens (tertiary/aromatic N) is 1. The summed E-state index contributed by atoms with van der Waals surface area (Å²) in [7, 11) is 0. The van der Waals surface area contributed by atoms with E-state index in [2.05, 4.69) is 0 Å². The van der Waals surface area contributed by atoms with E-state index in [1.54, 1.807) is 4.90 Å². The van der Waals surface area contributed by atoms with Gasteiger partial charge in [-0.3, -0.25) is 9.59 Å². The monoisotopic (exact) mass is 316 g/mol. The van der Waals surface area contributed by atoms with Crippen LogP contribution in [0.4, 0.5) is 0 Å². The Morgan fingerprint density at radius 2 is 1.65 bits per heavy atom. The van der Waals surface area contributed by atoms with E-state index in [0.717, 1.165) is 25.7 Å². The van der Waals surface area contributed by atoms with Gasteiger partial charge in [-0.25, -0.2) is 4.79 Å². The zero-order valence-electron chi connectivity index (χ0n) is 12.8. The third-order valence-corrected chi connectivity index (χ3v) is 5.02. The van der Waals surface area contributed by atoms with Crippen LogP contribution in [0.25, 0.3) is 0 Å². The van der Waals surface area contributed by atoms with Crippen molar-refractivity contribution < 1.29 is 19.5 Å². The first-order valence-electron chi connectivity index (χ1n) is 7.94. The zero-order chi connectivity index (χ0) is 16.6. The molecule has 1 saturated carbocycles. The van der Waals surface area contributed by atoms with Gasteiger partial charge in [0.15, 0.2) is 0 Å². The number of fused-ring (bicyclic) bond motifs is 1. The fourth-order valence-electron chi connectivity index (χ4n) is 3.90. The smallest absolute Gasteiger partial charge is 0.326 e. The second-order valence-electron chi connectivity index (χ2n) is 6.36. The molecule has 1 aromatic carbocycles. The number of hydrogen-bond donors (Lipinski definition) is 2. The maximum Gasteiger partial charge on any atom is 0.326 e. The Labute approximate surface area is 134 Å². The zero-order valence-corrected chi connectivity index (χ0v) is 12.8. The van der Waals surface area contributed by atoms with Crippen LogP contribution in [0.2, 0.25) is 0 Å². The molecule has 3 N–H and O–H groups in total. The van der Waals surface area contributed by atoms with Crippen LogP contribution >= 0.6 is 0 Å². The van der Waals surface area contributed by atoms with Crippen molar-refractivity contribution in [3.05, 3.63) is 35.4 Å². The first-order chi connectivity index (χ1) is 11.0. The van der Waals surface area contributed by atoms with Gasteiger partial charge in [0.25, 0.3) is 5.91 Å². The summed E-state index contributed by atoms with van der Waals surface area (Å²) < 4.78 is 0. The summed E-state index contributed by atoms with van der Waals surface area (Å²) in [5.74, 6) is -1.50. The molecule has 3 rings (SSSR count). The van der Waals surface area contributed by atoms with Crippen LogP contribution in [0.3, 0.4) is 0 Å². The van der Waals surface area contributed by atoms with E-state index >= 15 is 0 Å². The van der Waals surface area contributed by atoms with Gasteiger partial charge in [-0.15, -0.1) is 0 Å². The van der Waals surface area contributed by atoms with E-state index in [9.17, 15) is 19.5 Å². The van der Waals surface area contributed by atoms with E-state index < -0.39 is 17.9 Å². The van der Waals surface area contributed by atoms with E-state index in [0.29, 0.717) is 17.5 Å². The number of carboxylic acid groups (broad SMARTS) is 1. The molecule has 0 radical (unpaired) electrons. The fourth-order valence-corrected chi connectivity index (χ4v) is 3.90. The fraction of sp³-hybridized carbons (Fsp3) is 0.471. The Balaban J connectivity index is 1.88. The lowest BCUT2D eigenvalue weighted by Gasteiger charge is -2.33. The number of carbonyl (C=O) groups is 3. The van der Waals surface area contributed by atoms with Gasteiger partial charge in [-0.2, -0.15) is 0 Å². The summed E-state index contributed by atoms with van der Waals surface area (Å²) in [6.07, 6.45) is 4.50. The molecule has 1 aliphatic heterocycles. The van der Waals surface area contributed by atoms with Crippen molar-refractivity contribution in [2.45, 2.75) is 44.2 Å². The topological polar surface area (TPSA) is 101 Å². The molecule has 2 fully saturated rings. The van der Waals surface area contributed by atoms with Crippen LogP contribution in [0, 0.1) is 5.92 Å². The van der Waals surface area contributed by atoms with Crippen molar-refractivity contribution >= 4 is 17.8 Å². The summed E-state index contributed by atoms with van der Waals surface area (Å²) in [5.41, 5.74) is 5.92. The molecule has 1 aliphatic carbocycles. The lowest BCUT2D eigenvalue weighted by molar-refractivity contribution is -0.141. The van der Waals surface area contributed by atoms with Gasteiger partial charge in [0.05, 0.1) is 0 Å². The van der Waals surface area contributed by atoms with E-state index in [-0.39, 0.29) is 17.9 Å². The summed E-state index contributed by atoms with van der Waals surface area (Å²) in [5, 5.41) is 9.49. The Morgan fingerprint density at radius 1 is 1.04 bits per heavy atom. The number of amides is 2. The molecule has 23 heavy (non-hydrogen) atoms. The van der Waals surface area contributed by atoms with Gasteiger partial charge in [0.2, 0.25) is 5.91 Å². The Morgan fingerprint density at radius 3 is 2.26 bits per heavy atom. The highest BCUT2D eigenvalue weighted by Crippen LogP contribution is 2.40. The Hall–Kier alpha value is -2.37. The molecule has 0 bridgehead atoms. The van der Waals surface area contributed by atoms with Crippen LogP contribution in [0.5, 0.6) is 0 Å². The maximum absolute atomic E-state index is 12.8. The highest BCUT2D eigenvalue weighted by atomic mass is 16.4. The van der Waals surface area contributed by atoms with Gasteiger partial charge >= 0.3 is 5.97 Å². The van der Waals surface area contributed by atoms with Crippen molar-refractivity contribution in [2.24, 2.45) is 11.7 Å². The van der Waals surface area contributed by atoms with Gasteiger partial charge in [0, 0.05) is 17.2 Å². The number of benzene rings is 1. The standard InChI is InChI=1S/C17H20N2O4/c18-15(20)10-5-7-11(8-6-10)16(21)19-13-4-2-1-3-12(13)9-14(19)17(22)23/h5-8,12-14H,1-4,9H2,(H2,18,20)(H,22,23)/t12-,13-,14+/m1/s1. The molecule has 6 nitrogen and oxygen atoms in total. The number of likely N-dealkylation sites (tertiary alicyclic amines) is 1. The van der Waals surface area contributed by atoms with E-state index in [4.69, 9.17) is 5.73 Å². The quantitative estimate of drug-likeness (QED) is 0.885. The van der Waals surface area contributed by atoms with Crippen LogP contribution in [-0.2, 0) is 4.79 Å². The van der Waals surface area contributed by atoms with Gasteiger partial charge < -0.3 is 15.7 Å². The second kappa shape index (κ2) is 6.02. The van der Waals surface area contributed by atoms with Crippen molar-refractivity contribution in [1.82, 2.24) is 4.90 Å². The maximum atomic E-state index is 12.8. The first-order valence-corrected chi connectivity index (χ1v) is 7.94. The van der Waals surface area contributed by atoms with Gasteiger partial charge in [0.1, 0.15) is 6.04 Å². The van der Waals surface area contributed by atoms with E-state index in [1.165, 1.54) is 24.3 Å². The Kier molecular flexibility index (Phi) is 4.07. The van der Waals surface area contributed by atoms with Crippen molar-refractivity contribution in [1.29, 1.82) is 0 Å². The molecule has 0 unspecified atom stereocenters. The summed E-state index contributed by atoms with van der Waals surface area (Å²) >= 11 is 0. The summed E-state index contributed by atoms with van der Waals surface area (Å²) in [6, 6.07) is 5.33. The number of primary amides is 1. The second-order valence-corrected chi connectivity index (χ2v) is 6.36. The number of nitrogens with two attached hydrogens (primary N) is 1. The predicted molar refractivity (Wildman–Crippen MR) is 82.9 cm³/mol. The largest absolute Gasteiger partial charge is 0.480 e. The third-order valence-electron chi connectivity index (χ3n) is 5.02. The molecule has 2 amide bonds. The molecule has 3 atom stereocenters. The molecule has 6 heteroatoms. The molecule has 2 aliphatic rings. The highest BCUT2D eigenvalue weighted by Gasteiger charge is 2.47. The number of carbonyl (C=O) groups excluding carboxylic acids is 2. The number of aliphatic carboxylic acids is 1. The SMILES string of the molecule is NC(=O)c1ccc(C(=O)N2[C@@H]3CCCC[C@@H]3C[C@H]2C(=O)O)cc1. The summed E-state index contributed by atoms with van der Waals surface area (Å²) in [6.45, 7) is 0. The van der Waals surface area contributed by atoms with Crippen molar-refractivity contribution in [3.63, 3.8) is 0 Å².